The molecule has 0 atom stereocenters. The number of halogens is 3. The molecule has 0 radical (unpaired) electrons. The predicted octanol–water partition coefficient (Wildman–Crippen LogP) is 3.77. The molecule has 1 fully saturated rings. The summed E-state index contributed by atoms with van der Waals surface area (Å²) in [6, 6.07) is 8.69. The highest BCUT2D eigenvalue weighted by molar-refractivity contribution is 9.11. The smallest absolute Gasteiger partial charge is 0.244 e. The molecule has 0 bridgehead atoms. The van der Waals surface area contributed by atoms with Crippen LogP contribution in [0.25, 0.3) is 0 Å². The molecule has 1 aliphatic heterocycles. The molecule has 128 valence electrons. The molecular formula is C15H14Br2ClN3O2S. The Bertz CT molecular complexity index is 856. The standard InChI is InChI=1S/C15H14Br2ClN3O2S/c16-11-3-4-12(17)14(10-11)24(22,23)21-8-6-20(7-9-21)15-13(18)2-1-5-19-15/h1-5,10H,6-9H2. The van der Waals surface area contributed by atoms with Crippen molar-refractivity contribution >= 4 is 59.3 Å². The molecule has 1 saturated heterocycles. The van der Waals surface area contributed by atoms with Crippen LogP contribution in [0.3, 0.4) is 0 Å². The number of benzene rings is 1. The molecular weight excluding hydrogens is 482 g/mol. The maximum atomic E-state index is 12.9. The molecule has 0 unspecified atom stereocenters. The van der Waals surface area contributed by atoms with Gasteiger partial charge in [-0.15, -0.1) is 0 Å². The Balaban J connectivity index is 1.79. The van der Waals surface area contributed by atoms with E-state index in [-0.39, 0.29) is 4.90 Å². The Labute approximate surface area is 162 Å². The molecule has 9 heteroatoms. The molecule has 1 aromatic carbocycles. The molecule has 3 rings (SSSR count). The van der Waals surface area contributed by atoms with Gasteiger partial charge in [-0.25, -0.2) is 13.4 Å². The van der Waals surface area contributed by atoms with Gasteiger partial charge in [0, 0.05) is 41.3 Å². The van der Waals surface area contributed by atoms with Gasteiger partial charge >= 0.3 is 0 Å². The van der Waals surface area contributed by atoms with E-state index >= 15 is 0 Å². The van der Waals surface area contributed by atoms with Gasteiger partial charge in [-0.3, -0.25) is 0 Å². The van der Waals surface area contributed by atoms with Crippen LogP contribution < -0.4 is 4.90 Å². The molecule has 2 heterocycles. The van der Waals surface area contributed by atoms with Crippen LogP contribution in [-0.2, 0) is 10.0 Å². The van der Waals surface area contributed by atoms with Gasteiger partial charge in [0.2, 0.25) is 10.0 Å². The number of rotatable bonds is 3. The van der Waals surface area contributed by atoms with Gasteiger partial charge in [-0.2, -0.15) is 4.31 Å². The first-order valence-electron chi connectivity index (χ1n) is 7.20. The highest BCUT2D eigenvalue weighted by atomic mass is 79.9. The van der Waals surface area contributed by atoms with Crippen LogP contribution in [0.15, 0.2) is 50.4 Å². The SMILES string of the molecule is O=S(=O)(c1cc(Br)ccc1Br)N1CCN(c2ncccc2Cl)CC1. The van der Waals surface area contributed by atoms with E-state index < -0.39 is 10.0 Å². The van der Waals surface area contributed by atoms with Gasteiger partial charge in [0.15, 0.2) is 0 Å². The second kappa shape index (κ2) is 7.29. The van der Waals surface area contributed by atoms with E-state index in [9.17, 15) is 8.42 Å². The third-order valence-electron chi connectivity index (χ3n) is 3.79. The van der Waals surface area contributed by atoms with Crippen LogP contribution in [0, 0.1) is 0 Å². The van der Waals surface area contributed by atoms with E-state index in [0.29, 0.717) is 41.5 Å². The first kappa shape index (κ1) is 18.1. The highest BCUT2D eigenvalue weighted by Gasteiger charge is 2.30. The van der Waals surface area contributed by atoms with Gasteiger partial charge in [0.1, 0.15) is 5.82 Å². The van der Waals surface area contributed by atoms with Crippen molar-refractivity contribution in [3.8, 4) is 0 Å². The molecule has 2 aromatic rings. The van der Waals surface area contributed by atoms with Gasteiger partial charge in [-0.1, -0.05) is 27.5 Å². The molecule has 0 amide bonds. The summed E-state index contributed by atoms with van der Waals surface area (Å²) in [5, 5.41) is 0.573. The summed E-state index contributed by atoms with van der Waals surface area (Å²) >= 11 is 12.8. The Morgan fingerprint density at radius 2 is 1.79 bits per heavy atom. The number of anilines is 1. The van der Waals surface area contributed by atoms with Crippen molar-refractivity contribution in [2.24, 2.45) is 0 Å². The molecule has 1 aromatic heterocycles. The van der Waals surface area contributed by atoms with Crippen LogP contribution in [-0.4, -0.2) is 43.9 Å². The van der Waals surface area contributed by atoms with Gasteiger partial charge in [0.25, 0.3) is 0 Å². The van der Waals surface area contributed by atoms with E-state index in [4.69, 9.17) is 11.6 Å². The van der Waals surface area contributed by atoms with E-state index in [0.717, 1.165) is 4.47 Å². The van der Waals surface area contributed by atoms with E-state index in [2.05, 4.69) is 36.8 Å². The van der Waals surface area contributed by atoms with E-state index in [1.165, 1.54) is 4.31 Å². The third-order valence-corrected chi connectivity index (χ3v) is 7.47. The molecule has 0 N–H and O–H groups in total. The zero-order valence-electron chi connectivity index (χ0n) is 12.5. The molecule has 0 spiro atoms. The normalized spacial score (nSPS) is 16.4. The number of sulfonamides is 1. The van der Waals surface area contributed by atoms with Gasteiger partial charge in [0.05, 0.1) is 9.92 Å². The van der Waals surface area contributed by atoms with Crippen molar-refractivity contribution < 1.29 is 8.42 Å². The zero-order valence-corrected chi connectivity index (χ0v) is 17.2. The van der Waals surface area contributed by atoms with Crippen molar-refractivity contribution in [3.05, 3.63) is 50.5 Å². The maximum absolute atomic E-state index is 12.9. The Morgan fingerprint density at radius 1 is 1.08 bits per heavy atom. The van der Waals surface area contributed by atoms with E-state index in [1.54, 1.807) is 36.5 Å². The molecule has 5 nitrogen and oxygen atoms in total. The zero-order chi connectivity index (χ0) is 17.3. The largest absolute Gasteiger partial charge is 0.353 e. The van der Waals surface area contributed by atoms with Crippen molar-refractivity contribution in [3.63, 3.8) is 0 Å². The molecule has 24 heavy (non-hydrogen) atoms. The van der Waals surface area contributed by atoms with E-state index in [1.807, 2.05) is 4.90 Å². The minimum atomic E-state index is -3.55. The minimum absolute atomic E-state index is 0.265. The molecule has 0 saturated carbocycles. The average molecular weight is 496 g/mol. The summed E-state index contributed by atoms with van der Waals surface area (Å²) in [5.74, 6) is 0.694. The van der Waals surface area contributed by atoms with Crippen molar-refractivity contribution in [1.82, 2.24) is 9.29 Å². The van der Waals surface area contributed by atoms with Crippen LogP contribution in [0.1, 0.15) is 0 Å². The summed E-state index contributed by atoms with van der Waals surface area (Å²) in [5.41, 5.74) is 0. The lowest BCUT2D eigenvalue weighted by Crippen LogP contribution is -2.49. The number of piperazine rings is 1. The lowest BCUT2D eigenvalue weighted by molar-refractivity contribution is 0.383. The molecule has 0 aliphatic carbocycles. The average Bonchev–Trinajstić information content (AvgIpc) is 2.57. The quantitative estimate of drug-likeness (QED) is 0.651. The third kappa shape index (κ3) is 3.62. The number of hydrogen-bond acceptors (Lipinski definition) is 4. The number of pyridine rings is 1. The first-order chi connectivity index (χ1) is 11.4. The fraction of sp³-hybridized carbons (Fsp3) is 0.267. The summed E-state index contributed by atoms with van der Waals surface area (Å²) < 4.78 is 28.5. The topological polar surface area (TPSA) is 53.5 Å². The summed E-state index contributed by atoms with van der Waals surface area (Å²) in [6.07, 6.45) is 1.68. The fourth-order valence-corrected chi connectivity index (χ4v) is 5.69. The van der Waals surface area contributed by atoms with Crippen LogP contribution in [0.2, 0.25) is 5.02 Å². The van der Waals surface area contributed by atoms with Crippen LogP contribution >= 0.6 is 43.5 Å². The van der Waals surface area contributed by atoms with Crippen molar-refractivity contribution in [1.29, 1.82) is 0 Å². The Kier molecular flexibility index (Phi) is 5.51. The second-order valence-corrected chi connectivity index (χ2v) is 9.36. The predicted molar refractivity (Wildman–Crippen MR) is 102 cm³/mol. The first-order valence-corrected chi connectivity index (χ1v) is 10.6. The van der Waals surface area contributed by atoms with Crippen LogP contribution in [0.5, 0.6) is 0 Å². The Morgan fingerprint density at radius 3 is 2.46 bits per heavy atom. The maximum Gasteiger partial charge on any atom is 0.244 e. The fourth-order valence-electron chi connectivity index (χ4n) is 2.56. The lowest BCUT2D eigenvalue weighted by atomic mass is 10.3. The Hall–Kier alpha value is -0.670. The number of aromatic nitrogens is 1. The summed E-state index contributed by atoms with van der Waals surface area (Å²) in [4.78, 5) is 6.55. The van der Waals surface area contributed by atoms with Gasteiger partial charge < -0.3 is 4.90 Å². The summed E-state index contributed by atoms with van der Waals surface area (Å²) in [7, 11) is -3.55. The molecule has 1 aliphatic rings. The monoisotopic (exact) mass is 493 g/mol. The highest BCUT2D eigenvalue weighted by Crippen LogP contribution is 2.30. The van der Waals surface area contributed by atoms with Gasteiger partial charge in [-0.05, 0) is 46.3 Å². The second-order valence-electron chi connectivity index (χ2n) is 5.27. The lowest BCUT2D eigenvalue weighted by Gasteiger charge is -2.35. The van der Waals surface area contributed by atoms with Crippen molar-refractivity contribution in [2.75, 3.05) is 31.1 Å². The van der Waals surface area contributed by atoms with Crippen LogP contribution in [0.4, 0.5) is 5.82 Å². The number of nitrogens with zero attached hydrogens (tertiary/aromatic N) is 3. The number of hydrogen-bond donors (Lipinski definition) is 0. The van der Waals surface area contributed by atoms with Crippen molar-refractivity contribution in [2.45, 2.75) is 4.90 Å². The summed E-state index contributed by atoms with van der Waals surface area (Å²) in [6.45, 7) is 1.85. The minimum Gasteiger partial charge on any atom is -0.353 e.